The van der Waals surface area contributed by atoms with E-state index in [-0.39, 0.29) is 41.6 Å². The van der Waals surface area contributed by atoms with E-state index in [9.17, 15) is 29.5 Å². The van der Waals surface area contributed by atoms with Gasteiger partial charge in [0.15, 0.2) is 5.60 Å². The minimum atomic E-state index is -1.39. The van der Waals surface area contributed by atoms with E-state index in [1.54, 1.807) is 25.1 Å². The second kappa shape index (κ2) is 13.4. The van der Waals surface area contributed by atoms with Crippen LogP contribution in [0.4, 0.5) is 5.69 Å². The first kappa shape index (κ1) is 34.5. The van der Waals surface area contributed by atoms with Crippen LogP contribution in [-0.2, 0) is 19.1 Å². The highest BCUT2D eigenvalue weighted by atomic mass is 32.2. The molecule has 0 spiro atoms. The first-order valence-electron chi connectivity index (χ1n) is 16.2. The predicted molar refractivity (Wildman–Crippen MR) is 176 cm³/mol. The fraction of sp³-hybridized carbons (Fsp3) is 0.543. The second-order valence-electron chi connectivity index (χ2n) is 13.8. The van der Waals surface area contributed by atoms with Crippen LogP contribution >= 0.6 is 11.8 Å². The molecule has 3 saturated carbocycles. The Hall–Kier alpha value is -3.79. The molecule has 1 aromatic rings. The minimum absolute atomic E-state index is 0.0310. The number of nitrogens with zero attached hydrogens (tertiary/aromatic N) is 1. The molecule has 7 N–H and O–H groups in total. The summed E-state index contributed by atoms with van der Waals surface area (Å²) >= 11 is 0.894. The summed E-state index contributed by atoms with van der Waals surface area (Å²) in [5, 5.41) is 33.7. The Morgan fingerprint density at radius 3 is 2.72 bits per heavy atom. The molecule has 1 aromatic carbocycles. The van der Waals surface area contributed by atoms with Gasteiger partial charge >= 0.3 is 5.97 Å². The molecule has 0 bridgehead atoms. The van der Waals surface area contributed by atoms with Gasteiger partial charge in [-0.05, 0) is 79.9 Å². The van der Waals surface area contributed by atoms with E-state index in [2.05, 4.69) is 18.3 Å². The highest BCUT2D eigenvalue weighted by Gasteiger charge is 2.70. The number of aliphatic hydroxyl groups excluding tert-OH is 1. The fourth-order valence-electron chi connectivity index (χ4n) is 9.22. The summed E-state index contributed by atoms with van der Waals surface area (Å²) in [6.45, 7) is 5.61. The third kappa shape index (κ3) is 6.05. The first-order valence-corrected chi connectivity index (χ1v) is 17.2. The van der Waals surface area contributed by atoms with E-state index in [1.165, 1.54) is 11.8 Å². The smallest absolute Gasteiger partial charge is 0.306 e. The van der Waals surface area contributed by atoms with Crippen molar-refractivity contribution in [3.8, 4) is 6.07 Å². The molecule has 0 saturated heterocycles. The molecule has 4 aliphatic rings. The molecule has 11 nitrogen and oxygen atoms in total. The summed E-state index contributed by atoms with van der Waals surface area (Å²) < 4.78 is 6.06. The van der Waals surface area contributed by atoms with Crippen molar-refractivity contribution in [2.24, 2.45) is 34.3 Å². The number of amides is 2. The Balaban J connectivity index is 1.42. The van der Waals surface area contributed by atoms with Crippen molar-refractivity contribution in [1.29, 1.82) is 10.7 Å². The van der Waals surface area contributed by atoms with Crippen LogP contribution < -0.4 is 16.4 Å². The van der Waals surface area contributed by atoms with Crippen LogP contribution in [0.25, 0.3) is 0 Å². The van der Waals surface area contributed by atoms with Gasteiger partial charge in [-0.3, -0.25) is 24.5 Å². The van der Waals surface area contributed by atoms with Gasteiger partial charge in [0, 0.05) is 35.3 Å². The number of hydrogen-bond donors (Lipinski definition) is 5. The minimum Gasteiger partial charge on any atom is -0.449 e. The van der Waals surface area contributed by atoms with Gasteiger partial charge in [0.05, 0.1) is 24.5 Å². The van der Waals surface area contributed by atoms with Crippen LogP contribution in [-0.4, -0.2) is 58.2 Å². The monoisotopic (exact) mass is 662 g/mol. The highest BCUT2D eigenvalue weighted by Crippen LogP contribution is 2.69. The Kier molecular flexibility index (Phi) is 9.83. The second-order valence-corrected chi connectivity index (χ2v) is 14.7. The molecular formula is C35H44N5O6S+. The van der Waals surface area contributed by atoms with Gasteiger partial charge in [-0.1, -0.05) is 44.2 Å². The van der Waals surface area contributed by atoms with Gasteiger partial charge in [0.25, 0.3) is 5.91 Å². The molecule has 7 atom stereocenters. The number of ether oxygens (including phenoxy) is 1. The summed E-state index contributed by atoms with van der Waals surface area (Å²) in [7, 11) is 0. The first-order chi connectivity index (χ1) is 22.3. The van der Waals surface area contributed by atoms with Crippen LogP contribution in [0.15, 0.2) is 47.2 Å². The Morgan fingerprint density at radius 1 is 1.28 bits per heavy atom. The molecular weight excluding hydrogens is 618 g/mol. The molecule has 0 aromatic heterocycles. The summed E-state index contributed by atoms with van der Waals surface area (Å²) in [6.07, 6.45) is 6.36. The molecule has 47 heavy (non-hydrogen) atoms. The maximum absolute atomic E-state index is 13.7. The largest absolute Gasteiger partial charge is 0.449 e. The van der Waals surface area contributed by atoms with Crippen LogP contribution in [0.1, 0.15) is 76.1 Å². The quantitative estimate of drug-likeness (QED) is 0.143. The number of carbonyl (C=O) groups excluding carboxylic acids is 4. The number of nitrogens with one attached hydrogen (secondary N) is 2. The van der Waals surface area contributed by atoms with E-state index in [4.69, 9.17) is 15.9 Å². The van der Waals surface area contributed by atoms with E-state index in [1.807, 2.05) is 24.4 Å². The third-order valence-electron chi connectivity index (χ3n) is 11.3. The maximum Gasteiger partial charge on any atom is 0.306 e. The van der Waals surface area contributed by atoms with Gasteiger partial charge in [-0.15, -0.1) is 0 Å². The maximum atomic E-state index is 13.7. The number of primary amides is 1. The molecule has 3 fully saturated rings. The number of allylic oxidation sites excluding steroid dienone is 3. The molecule has 0 radical (unpaired) electrons. The number of nitriles is 1. The van der Waals surface area contributed by atoms with Gasteiger partial charge in [0.1, 0.15) is 11.4 Å². The molecule has 5 rings (SSSR count). The standard InChI is InChI=1S/C35H43N5O6S/c1-4-29(43)46-35(32(45)47-13-12-36)11-10-25-24-9-8-22-15-26(40-23-7-5-6-20(14-23)31(44)39-19-28(38)42)21(18-37)16-33(22,2)30(24)27(41)17-34(25,35)3/h5-7,14-15,18,24-25,27,30,37,40-41H,4,8-11,13,16-17,19H2,1-3H3,(H2,38,42)(H,39,44)/p+1/t24-,25?,27?,30?,33-,34-,35-/m0/s1. The number of fused-ring (bicyclic) bond motifs is 5. The Labute approximate surface area is 279 Å². The van der Waals surface area contributed by atoms with E-state index in [0.29, 0.717) is 31.2 Å². The fourth-order valence-corrected chi connectivity index (χ4v) is 10.0. The summed E-state index contributed by atoms with van der Waals surface area (Å²) in [6, 6.07) is 9.04. The Bertz CT molecular complexity index is 1600. The number of nitrogens with two attached hydrogens (primary N) is 2. The van der Waals surface area contributed by atoms with Crippen molar-refractivity contribution in [1.82, 2.24) is 5.32 Å². The van der Waals surface area contributed by atoms with Gasteiger partial charge in [-0.2, -0.15) is 5.26 Å². The number of quaternary nitrogens is 1. The zero-order valence-corrected chi connectivity index (χ0v) is 28.0. The zero-order valence-electron chi connectivity index (χ0n) is 27.1. The van der Waals surface area contributed by atoms with Crippen molar-refractivity contribution in [3.05, 3.63) is 52.7 Å². The molecule has 3 unspecified atom stereocenters. The van der Waals surface area contributed by atoms with Crippen molar-refractivity contribution in [3.63, 3.8) is 0 Å². The lowest BCUT2D eigenvalue weighted by molar-refractivity contribution is -0.513. The zero-order chi connectivity index (χ0) is 34.1. The number of aliphatic hydroxyl groups is 1. The highest BCUT2D eigenvalue weighted by molar-refractivity contribution is 8.14. The third-order valence-corrected chi connectivity index (χ3v) is 12.2. The van der Waals surface area contributed by atoms with E-state index >= 15 is 0 Å². The Morgan fingerprint density at radius 2 is 2.04 bits per heavy atom. The topological polar surface area (TPSA) is 200 Å². The molecule has 12 heteroatoms. The molecule has 4 aliphatic carbocycles. The number of rotatable bonds is 10. The van der Waals surface area contributed by atoms with Gasteiger partial charge in [0.2, 0.25) is 11.0 Å². The molecule has 0 heterocycles. The summed E-state index contributed by atoms with van der Waals surface area (Å²) in [5.41, 5.74) is 6.63. The van der Waals surface area contributed by atoms with Gasteiger partial charge < -0.3 is 26.3 Å². The van der Waals surface area contributed by atoms with Crippen LogP contribution in [0, 0.1) is 45.3 Å². The van der Waals surface area contributed by atoms with Gasteiger partial charge in [-0.25, -0.2) is 0 Å². The van der Waals surface area contributed by atoms with E-state index in [0.717, 1.165) is 41.6 Å². The number of benzene rings is 1. The number of thioether (sulfide) groups is 1. The summed E-state index contributed by atoms with van der Waals surface area (Å²) in [5.74, 6) is -1.52. The molecule has 0 aliphatic heterocycles. The van der Waals surface area contributed by atoms with E-state index < -0.39 is 40.3 Å². The van der Waals surface area contributed by atoms with Crippen LogP contribution in [0.2, 0.25) is 0 Å². The number of carbonyl (C=O) groups is 4. The van der Waals surface area contributed by atoms with Crippen LogP contribution in [0.5, 0.6) is 0 Å². The molecule has 250 valence electrons. The lowest BCUT2D eigenvalue weighted by Crippen LogP contribution is -2.76. The van der Waals surface area contributed by atoms with Crippen LogP contribution in [0.3, 0.4) is 0 Å². The normalized spacial score (nSPS) is 32.5. The average molecular weight is 663 g/mol. The summed E-state index contributed by atoms with van der Waals surface area (Å²) in [4.78, 5) is 50.1. The lowest BCUT2D eigenvalue weighted by Gasteiger charge is -2.60. The molecule has 2 amide bonds. The number of hydrogen-bond acceptors (Lipinski definition) is 9. The van der Waals surface area contributed by atoms with Crippen molar-refractivity contribution in [2.75, 3.05) is 12.3 Å². The number of esters is 1. The average Bonchev–Trinajstić information content (AvgIpc) is 3.33. The SMILES string of the molecule is CCC(=O)O[C@]1(C(=O)SCC#N)CCC2[C@@H]3CCC4=CC([NH2+]c5cccc(C(=O)NCC(N)=O)c5)=C(C=N)C[C@]4(C)C3C(O)C[C@@]21C. The van der Waals surface area contributed by atoms with Crippen molar-refractivity contribution < 1.29 is 34.3 Å². The van der Waals surface area contributed by atoms with Crippen molar-refractivity contribution >= 4 is 46.6 Å². The van der Waals surface area contributed by atoms with Crippen molar-refractivity contribution in [2.45, 2.75) is 77.4 Å². The lowest BCUT2D eigenvalue weighted by atomic mass is 9.45. The predicted octanol–water partition coefficient (Wildman–Crippen LogP) is 3.02.